The largest absolute Gasteiger partial charge is 0.496 e. The van der Waals surface area contributed by atoms with E-state index in [1.807, 2.05) is 0 Å². The van der Waals surface area contributed by atoms with Crippen LogP contribution in [0, 0.1) is 23.3 Å². The summed E-state index contributed by atoms with van der Waals surface area (Å²) in [6, 6.07) is 11.6. The van der Waals surface area contributed by atoms with Crippen molar-refractivity contribution in [2.75, 3.05) is 7.11 Å². The standard InChI is InChI=1S/C22H15BrF4N2O3/c1-31-18-7-6-12(10-28-29-22(30)14-4-2-3-5-15(14)23)8-13(18)11-32-21-19(26)16(24)9-17(25)20(21)27/h2-10H,11H2,1H3,(H,29,30)/b28-10-. The van der Waals surface area contributed by atoms with Gasteiger partial charge >= 0.3 is 0 Å². The summed E-state index contributed by atoms with van der Waals surface area (Å²) in [4.78, 5) is 12.2. The topological polar surface area (TPSA) is 59.9 Å². The minimum absolute atomic E-state index is 0.0947. The first-order valence-electron chi connectivity index (χ1n) is 9.02. The molecule has 0 bridgehead atoms. The second-order valence-corrected chi connectivity index (χ2v) is 7.19. The Hall–Kier alpha value is -3.40. The number of hydrogen-bond acceptors (Lipinski definition) is 4. The number of rotatable bonds is 7. The molecule has 3 rings (SSSR count). The van der Waals surface area contributed by atoms with E-state index in [0.29, 0.717) is 26.9 Å². The summed E-state index contributed by atoms with van der Waals surface area (Å²) < 4.78 is 65.1. The van der Waals surface area contributed by atoms with Crippen LogP contribution in [0.3, 0.4) is 0 Å². The summed E-state index contributed by atoms with van der Waals surface area (Å²) >= 11 is 3.27. The Morgan fingerprint density at radius 3 is 2.41 bits per heavy atom. The summed E-state index contributed by atoms with van der Waals surface area (Å²) in [5, 5.41) is 3.88. The van der Waals surface area contributed by atoms with Crippen LogP contribution in [-0.2, 0) is 6.61 Å². The van der Waals surface area contributed by atoms with Crippen LogP contribution in [0.25, 0.3) is 0 Å². The van der Waals surface area contributed by atoms with E-state index in [9.17, 15) is 22.4 Å². The Morgan fingerprint density at radius 2 is 1.75 bits per heavy atom. The molecular weight excluding hydrogens is 496 g/mol. The molecule has 166 valence electrons. The lowest BCUT2D eigenvalue weighted by molar-refractivity contribution is 0.0954. The van der Waals surface area contributed by atoms with E-state index in [1.54, 1.807) is 30.3 Å². The molecule has 0 unspecified atom stereocenters. The van der Waals surface area contributed by atoms with Crippen LogP contribution in [0.5, 0.6) is 11.5 Å². The first-order chi connectivity index (χ1) is 15.3. The molecule has 3 aromatic rings. The van der Waals surface area contributed by atoms with E-state index in [0.717, 1.165) is 0 Å². The second kappa shape index (κ2) is 10.3. The molecule has 0 fully saturated rings. The van der Waals surface area contributed by atoms with Crippen molar-refractivity contribution in [3.8, 4) is 11.5 Å². The van der Waals surface area contributed by atoms with E-state index in [1.165, 1.54) is 25.5 Å². The molecule has 0 radical (unpaired) electrons. The van der Waals surface area contributed by atoms with Crippen LogP contribution in [0.2, 0.25) is 0 Å². The lowest BCUT2D eigenvalue weighted by Crippen LogP contribution is -2.18. The van der Waals surface area contributed by atoms with Crippen molar-refractivity contribution in [3.05, 3.63) is 93.0 Å². The fraction of sp³-hybridized carbons (Fsp3) is 0.0909. The number of ether oxygens (including phenoxy) is 2. The predicted molar refractivity (Wildman–Crippen MR) is 113 cm³/mol. The van der Waals surface area contributed by atoms with Crippen molar-refractivity contribution < 1.29 is 31.8 Å². The third-order valence-corrected chi connectivity index (χ3v) is 4.94. The third-order valence-electron chi connectivity index (χ3n) is 4.25. The molecule has 3 aromatic carbocycles. The van der Waals surface area contributed by atoms with Crippen molar-refractivity contribution in [3.63, 3.8) is 0 Å². The minimum Gasteiger partial charge on any atom is -0.496 e. The number of amides is 1. The molecule has 0 saturated heterocycles. The monoisotopic (exact) mass is 510 g/mol. The number of carbonyl (C=O) groups excluding carboxylic acids is 1. The maximum absolute atomic E-state index is 13.8. The van der Waals surface area contributed by atoms with E-state index in [4.69, 9.17) is 9.47 Å². The lowest BCUT2D eigenvalue weighted by atomic mass is 10.1. The number of nitrogens with zero attached hydrogens (tertiary/aromatic N) is 1. The molecule has 32 heavy (non-hydrogen) atoms. The van der Waals surface area contributed by atoms with Crippen LogP contribution in [0.1, 0.15) is 21.5 Å². The van der Waals surface area contributed by atoms with Gasteiger partial charge < -0.3 is 9.47 Å². The second-order valence-electron chi connectivity index (χ2n) is 6.34. The average molecular weight is 511 g/mol. The maximum atomic E-state index is 13.8. The Labute approximate surface area is 188 Å². The van der Waals surface area contributed by atoms with Crippen molar-refractivity contribution in [2.24, 2.45) is 5.10 Å². The lowest BCUT2D eigenvalue weighted by Gasteiger charge is -2.12. The van der Waals surface area contributed by atoms with Crippen molar-refractivity contribution in [2.45, 2.75) is 6.61 Å². The fourth-order valence-corrected chi connectivity index (χ4v) is 3.16. The minimum atomic E-state index is -1.64. The molecule has 1 amide bonds. The Bertz CT molecular complexity index is 1160. The van der Waals surface area contributed by atoms with Gasteiger partial charge in [0.25, 0.3) is 5.91 Å². The number of hydrogen-bond donors (Lipinski definition) is 1. The number of hydrazone groups is 1. The van der Waals surface area contributed by atoms with Gasteiger partial charge in [-0.1, -0.05) is 12.1 Å². The zero-order valence-corrected chi connectivity index (χ0v) is 18.1. The highest BCUT2D eigenvalue weighted by Gasteiger charge is 2.21. The van der Waals surface area contributed by atoms with E-state index in [2.05, 4.69) is 26.5 Å². The Balaban J connectivity index is 1.76. The Kier molecular flexibility index (Phi) is 7.47. The molecule has 0 aromatic heterocycles. The molecule has 0 heterocycles. The molecule has 0 aliphatic carbocycles. The molecule has 0 aliphatic rings. The van der Waals surface area contributed by atoms with Crippen molar-refractivity contribution >= 4 is 28.1 Å². The summed E-state index contributed by atoms with van der Waals surface area (Å²) in [7, 11) is 1.37. The van der Waals surface area contributed by atoms with Crippen LogP contribution in [0.15, 0.2) is 58.1 Å². The van der Waals surface area contributed by atoms with E-state index in [-0.39, 0.29) is 6.07 Å². The van der Waals surface area contributed by atoms with Crippen molar-refractivity contribution in [1.82, 2.24) is 5.43 Å². The quantitative estimate of drug-likeness (QED) is 0.201. The number of benzene rings is 3. The van der Waals surface area contributed by atoms with Gasteiger partial charge in [0.1, 0.15) is 12.4 Å². The van der Waals surface area contributed by atoms with Gasteiger partial charge in [-0.05, 0) is 51.8 Å². The summed E-state index contributed by atoms with van der Waals surface area (Å²) in [6.07, 6.45) is 1.33. The fourth-order valence-electron chi connectivity index (χ4n) is 2.69. The van der Waals surface area contributed by atoms with Gasteiger partial charge in [0.2, 0.25) is 11.6 Å². The molecular formula is C22H15BrF4N2O3. The van der Waals surface area contributed by atoms with Crippen LogP contribution >= 0.6 is 15.9 Å². The number of carbonyl (C=O) groups is 1. The maximum Gasteiger partial charge on any atom is 0.272 e. The summed E-state index contributed by atoms with van der Waals surface area (Å²) in [6.45, 7) is -0.453. The van der Waals surface area contributed by atoms with Gasteiger partial charge in [-0.2, -0.15) is 13.9 Å². The normalized spacial score (nSPS) is 10.9. The van der Waals surface area contributed by atoms with Crippen LogP contribution in [0.4, 0.5) is 17.6 Å². The summed E-state index contributed by atoms with van der Waals surface area (Å²) in [5.74, 6) is -7.75. The van der Waals surface area contributed by atoms with Gasteiger partial charge in [0, 0.05) is 16.1 Å². The van der Waals surface area contributed by atoms with Crippen LogP contribution in [-0.4, -0.2) is 19.2 Å². The van der Waals surface area contributed by atoms with Gasteiger partial charge in [-0.15, -0.1) is 0 Å². The highest BCUT2D eigenvalue weighted by atomic mass is 79.9. The molecule has 10 heteroatoms. The first kappa shape index (κ1) is 23.3. The molecule has 0 saturated carbocycles. The number of nitrogens with one attached hydrogen (secondary N) is 1. The first-order valence-corrected chi connectivity index (χ1v) is 9.81. The highest BCUT2D eigenvalue weighted by Crippen LogP contribution is 2.29. The van der Waals surface area contributed by atoms with E-state index < -0.39 is 41.5 Å². The highest BCUT2D eigenvalue weighted by molar-refractivity contribution is 9.10. The number of halogens is 5. The average Bonchev–Trinajstić information content (AvgIpc) is 2.78. The van der Waals surface area contributed by atoms with Gasteiger partial charge in [0.05, 0.1) is 18.9 Å². The molecule has 0 aliphatic heterocycles. The van der Waals surface area contributed by atoms with Gasteiger partial charge in [0.15, 0.2) is 17.4 Å². The SMILES string of the molecule is COc1ccc(/C=N\NC(=O)c2ccccc2Br)cc1COc1c(F)c(F)cc(F)c1F. The molecule has 1 N–H and O–H groups in total. The van der Waals surface area contributed by atoms with Crippen molar-refractivity contribution in [1.29, 1.82) is 0 Å². The molecule has 0 spiro atoms. The van der Waals surface area contributed by atoms with Gasteiger partial charge in [-0.3, -0.25) is 4.79 Å². The van der Waals surface area contributed by atoms with Crippen LogP contribution < -0.4 is 14.9 Å². The molecule has 5 nitrogen and oxygen atoms in total. The predicted octanol–water partition coefficient (Wildman–Crippen LogP) is 5.36. The smallest absolute Gasteiger partial charge is 0.272 e. The molecule has 0 atom stereocenters. The number of methoxy groups -OCH3 is 1. The Morgan fingerprint density at radius 1 is 1.06 bits per heavy atom. The zero-order valence-electron chi connectivity index (χ0n) is 16.5. The van der Waals surface area contributed by atoms with E-state index >= 15 is 0 Å². The van der Waals surface area contributed by atoms with Gasteiger partial charge in [-0.25, -0.2) is 14.2 Å². The third kappa shape index (κ3) is 5.25. The summed E-state index contributed by atoms with van der Waals surface area (Å²) in [5.41, 5.74) is 3.57. The zero-order chi connectivity index (χ0) is 23.3.